The largest absolute Gasteiger partial charge is 0.497 e. The maximum Gasteiger partial charge on any atom is 0.219 e. The lowest BCUT2D eigenvalue weighted by atomic mass is 10.0. The van der Waals surface area contributed by atoms with Crippen molar-refractivity contribution in [1.82, 2.24) is 14.9 Å². The first-order valence-corrected chi connectivity index (χ1v) is 11.1. The van der Waals surface area contributed by atoms with Crippen LogP contribution in [0.4, 0.5) is 16.0 Å². The first-order valence-electron chi connectivity index (χ1n) is 10.2. The summed E-state index contributed by atoms with van der Waals surface area (Å²) < 4.78 is 25.5. The summed E-state index contributed by atoms with van der Waals surface area (Å²) in [6.07, 6.45) is 3.35. The van der Waals surface area contributed by atoms with Crippen LogP contribution in [0.5, 0.6) is 5.75 Å². The summed E-state index contributed by atoms with van der Waals surface area (Å²) in [4.78, 5) is 17.3. The number of amidine groups is 1. The number of aliphatic imine (C=N–C) groups is 1. The number of ether oxygens (including phenoxy) is 2. The minimum absolute atomic E-state index is 0.206. The molecule has 166 valence electrons. The number of morpholine rings is 1. The van der Waals surface area contributed by atoms with Crippen LogP contribution in [0.2, 0.25) is 0 Å². The first-order chi connectivity index (χ1) is 15.5. The predicted octanol–water partition coefficient (Wildman–Crippen LogP) is 3.31. The van der Waals surface area contributed by atoms with Crippen LogP contribution in [-0.2, 0) is 10.4 Å². The number of hydrogen-bond acceptors (Lipinski definition) is 9. The maximum atomic E-state index is 14.7. The lowest BCUT2D eigenvalue weighted by Gasteiger charge is -2.37. The number of benzene rings is 1. The highest BCUT2D eigenvalue weighted by atomic mass is 32.1. The second kappa shape index (κ2) is 8.03. The van der Waals surface area contributed by atoms with E-state index in [9.17, 15) is 4.39 Å². The topological polar surface area (TPSA) is 97.9 Å². The van der Waals surface area contributed by atoms with E-state index in [-0.39, 0.29) is 11.8 Å². The van der Waals surface area contributed by atoms with Gasteiger partial charge in [-0.05, 0) is 31.2 Å². The summed E-state index contributed by atoms with van der Waals surface area (Å²) in [7, 11) is 1.57. The molecule has 5 rings (SSSR count). The van der Waals surface area contributed by atoms with Crippen LogP contribution >= 0.6 is 11.3 Å². The normalized spacial score (nSPS) is 20.3. The van der Waals surface area contributed by atoms with E-state index in [0.717, 1.165) is 39.9 Å². The molecule has 8 nitrogen and oxygen atoms in total. The number of nitrogens with two attached hydrogens (primary N) is 1. The number of hydrogen-bond donors (Lipinski definition) is 2. The number of aromatic nitrogens is 2. The number of halogens is 1. The van der Waals surface area contributed by atoms with Gasteiger partial charge in [0.2, 0.25) is 5.95 Å². The van der Waals surface area contributed by atoms with Crippen LogP contribution in [0.3, 0.4) is 0 Å². The quantitative estimate of drug-likeness (QED) is 0.627. The number of fused-ring (bicyclic) bond motifs is 1. The summed E-state index contributed by atoms with van der Waals surface area (Å²) in [5, 5.41) is 3.51. The van der Waals surface area contributed by atoms with Crippen molar-refractivity contribution in [3.05, 3.63) is 52.9 Å². The standard InChI is InChI=1S/C22H23FN6O2S/c1-22(13-11-25-21(24)26-12-13)27-17-10-18(15-9-14(30-2)3-4-16(15)23)32-19(17)20(28-22)29-5-7-31-8-6-29/h3-4,9-12,27H,5-8H2,1-2H3,(H2,24,25,26). The molecular weight excluding hydrogens is 431 g/mol. The summed E-state index contributed by atoms with van der Waals surface area (Å²) >= 11 is 1.50. The van der Waals surface area contributed by atoms with E-state index in [1.54, 1.807) is 31.6 Å². The minimum Gasteiger partial charge on any atom is -0.497 e. The molecule has 0 saturated carbocycles. The van der Waals surface area contributed by atoms with Gasteiger partial charge in [0.05, 0.1) is 30.9 Å². The van der Waals surface area contributed by atoms with Gasteiger partial charge < -0.3 is 25.4 Å². The predicted molar refractivity (Wildman–Crippen MR) is 123 cm³/mol. The molecule has 32 heavy (non-hydrogen) atoms. The Bertz CT molecular complexity index is 1180. The van der Waals surface area contributed by atoms with Crippen LogP contribution in [-0.4, -0.2) is 54.1 Å². The number of methoxy groups -OCH3 is 1. The molecule has 0 aliphatic carbocycles. The van der Waals surface area contributed by atoms with Gasteiger partial charge in [-0.25, -0.2) is 19.4 Å². The van der Waals surface area contributed by atoms with Crippen LogP contribution < -0.4 is 15.8 Å². The highest BCUT2D eigenvalue weighted by Gasteiger charge is 2.36. The maximum absolute atomic E-state index is 14.7. The number of nitrogens with zero attached hydrogens (tertiary/aromatic N) is 4. The molecule has 3 N–H and O–H groups in total. The molecule has 2 aliphatic rings. The number of nitrogen functional groups attached to an aromatic ring is 1. The summed E-state index contributed by atoms with van der Waals surface area (Å²) in [5.41, 5.74) is 7.02. The first kappa shape index (κ1) is 20.7. The molecule has 1 unspecified atom stereocenters. The Morgan fingerprint density at radius 1 is 1.22 bits per heavy atom. The number of thiophene rings is 1. The Balaban J connectivity index is 1.62. The zero-order valence-corrected chi connectivity index (χ0v) is 18.6. The Morgan fingerprint density at radius 3 is 2.69 bits per heavy atom. The van der Waals surface area contributed by atoms with Gasteiger partial charge in [-0.1, -0.05) is 0 Å². The molecule has 0 amide bonds. The fraction of sp³-hybridized carbons (Fsp3) is 0.318. The van der Waals surface area contributed by atoms with Crippen molar-refractivity contribution in [2.75, 3.05) is 44.5 Å². The van der Waals surface area contributed by atoms with E-state index in [2.05, 4.69) is 20.2 Å². The van der Waals surface area contributed by atoms with Gasteiger partial charge in [0.25, 0.3) is 0 Å². The van der Waals surface area contributed by atoms with Crippen molar-refractivity contribution in [1.29, 1.82) is 0 Å². The van der Waals surface area contributed by atoms with E-state index >= 15 is 0 Å². The van der Waals surface area contributed by atoms with Crippen LogP contribution in [0.15, 0.2) is 41.7 Å². The van der Waals surface area contributed by atoms with Crippen molar-refractivity contribution < 1.29 is 13.9 Å². The van der Waals surface area contributed by atoms with Crippen molar-refractivity contribution in [2.45, 2.75) is 12.6 Å². The summed E-state index contributed by atoms with van der Waals surface area (Å²) in [6.45, 7) is 4.69. The Labute approximate surface area is 188 Å². The monoisotopic (exact) mass is 454 g/mol. The highest BCUT2D eigenvalue weighted by molar-refractivity contribution is 7.18. The van der Waals surface area contributed by atoms with Gasteiger partial charge >= 0.3 is 0 Å². The lowest BCUT2D eigenvalue weighted by Crippen LogP contribution is -2.45. The number of nitrogens with one attached hydrogen (secondary N) is 1. The molecule has 10 heteroatoms. The fourth-order valence-corrected chi connectivity index (χ4v) is 5.02. The average Bonchev–Trinajstić information content (AvgIpc) is 3.23. The van der Waals surface area contributed by atoms with E-state index in [1.807, 2.05) is 13.0 Å². The van der Waals surface area contributed by atoms with Gasteiger partial charge in [-0.15, -0.1) is 11.3 Å². The van der Waals surface area contributed by atoms with E-state index in [1.165, 1.54) is 17.4 Å². The van der Waals surface area contributed by atoms with Crippen molar-refractivity contribution in [3.8, 4) is 16.2 Å². The molecule has 1 atom stereocenters. The molecule has 0 bridgehead atoms. The Kier molecular flexibility index (Phi) is 5.18. The van der Waals surface area contributed by atoms with Gasteiger partial charge in [-0.3, -0.25) is 0 Å². The zero-order chi connectivity index (χ0) is 22.3. The van der Waals surface area contributed by atoms with Crippen LogP contribution in [0.1, 0.15) is 17.4 Å². The molecule has 3 aromatic rings. The third-order valence-electron chi connectivity index (χ3n) is 5.63. The zero-order valence-electron chi connectivity index (χ0n) is 17.8. The van der Waals surface area contributed by atoms with Crippen LogP contribution in [0.25, 0.3) is 10.4 Å². The summed E-state index contributed by atoms with van der Waals surface area (Å²) in [6, 6.07) is 6.71. The second-order valence-corrected chi connectivity index (χ2v) is 8.81. The third kappa shape index (κ3) is 3.65. The average molecular weight is 455 g/mol. The van der Waals surface area contributed by atoms with E-state index in [0.29, 0.717) is 24.5 Å². The van der Waals surface area contributed by atoms with Gasteiger partial charge in [0.15, 0.2) is 5.66 Å². The molecule has 1 aromatic carbocycles. The number of anilines is 2. The van der Waals surface area contributed by atoms with Crippen molar-refractivity contribution in [3.63, 3.8) is 0 Å². The minimum atomic E-state index is -0.806. The van der Waals surface area contributed by atoms with Gasteiger partial charge in [0, 0.05) is 41.5 Å². The van der Waals surface area contributed by atoms with E-state index in [4.69, 9.17) is 20.2 Å². The molecule has 0 radical (unpaired) electrons. The third-order valence-corrected chi connectivity index (χ3v) is 6.79. The fourth-order valence-electron chi connectivity index (χ4n) is 3.87. The SMILES string of the molecule is COc1ccc(F)c(-c2cc3c(s2)C(N2CCOCC2)=NC(C)(c2cnc(N)nc2)N3)c1. The molecule has 1 fully saturated rings. The lowest BCUT2D eigenvalue weighted by molar-refractivity contribution is 0.0679. The van der Waals surface area contributed by atoms with Crippen molar-refractivity contribution >= 4 is 28.8 Å². The summed E-state index contributed by atoms with van der Waals surface area (Å²) in [5.74, 6) is 1.36. The van der Waals surface area contributed by atoms with Gasteiger partial charge in [0.1, 0.15) is 17.4 Å². The molecule has 2 aromatic heterocycles. The Morgan fingerprint density at radius 2 is 1.97 bits per heavy atom. The smallest absolute Gasteiger partial charge is 0.219 e. The molecule has 0 spiro atoms. The van der Waals surface area contributed by atoms with Crippen molar-refractivity contribution in [2.24, 2.45) is 4.99 Å². The molecular formula is C22H23FN6O2S. The second-order valence-electron chi connectivity index (χ2n) is 7.76. The van der Waals surface area contributed by atoms with E-state index < -0.39 is 5.66 Å². The highest BCUT2D eigenvalue weighted by Crippen LogP contribution is 2.43. The molecule has 1 saturated heterocycles. The Hall–Kier alpha value is -3.24. The van der Waals surface area contributed by atoms with Crippen LogP contribution in [0, 0.1) is 5.82 Å². The van der Waals surface area contributed by atoms with Gasteiger partial charge in [-0.2, -0.15) is 0 Å². The molecule has 4 heterocycles. The number of rotatable bonds is 3. The molecule has 2 aliphatic heterocycles.